The van der Waals surface area contributed by atoms with Crippen LogP contribution in [-0.4, -0.2) is 39.7 Å². The Morgan fingerprint density at radius 3 is 2.68 bits per heavy atom. The van der Waals surface area contributed by atoms with Gasteiger partial charge in [-0.25, -0.2) is 0 Å². The summed E-state index contributed by atoms with van der Waals surface area (Å²) < 4.78 is 1.37. The number of amides is 2. The molecular weight excluding hydrogens is 288 g/mol. The van der Waals surface area contributed by atoms with Crippen LogP contribution in [0.1, 0.15) is 25.7 Å². The van der Waals surface area contributed by atoms with Gasteiger partial charge in [0.1, 0.15) is 12.5 Å². The number of nitrogens with one attached hydrogen (secondary N) is 2. The summed E-state index contributed by atoms with van der Waals surface area (Å²) in [5.74, 6) is -2.99. The van der Waals surface area contributed by atoms with E-state index in [1.807, 2.05) is 0 Å². The number of rotatable bonds is 6. The van der Waals surface area contributed by atoms with Crippen LogP contribution >= 0.6 is 0 Å². The van der Waals surface area contributed by atoms with Gasteiger partial charge in [-0.05, 0) is 18.8 Å². The molecule has 8 nitrogen and oxygen atoms in total. The minimum Gasteiger partial charge on any atom is -0.481 e. The van der Waals surface area contributed by atoms with Crippen molar-refractivity contribution < 1.29 is 19.5 Å². The molecule has 2 rings (SSSR count). The molecule has 1 fully saturated rings. The van der Waals surface area contributed by atoms with Gasteiger partial charge in [0.05, 0.1) is 11.9 Å². The van der Waals surface area contributed by atoms with E-state index in [1.54, 1.807) is 0 Å². The van der Waals surface area contributed by atoms with E-state index in [-0.39, 0.29) is 18.4 Å². The van der Waals surface area contributed by atoms with Crippen molar-refractivity contribution in [1.82, 2.24) is 15.1 Å². The molecule has 1 aliphatic rings. The number of likely N-dealkylation sites (N-methyl/N-ethyl adjacent to an activating group) is 1. The predicted octanol–water partition coefficient (Wildman–Crippen LogP) is 0.459. The van der Waals surface area contributed by atoms with Crippen LogP contribution in [0.5, 0.6) is 0 Å². The molecule has 1 unspecified atom stereocenters. The first-order valence-electron chi connectivity index (χ1n) is 7.28. The average molecular weight is 308 g/mol. The van der Waals surface area contributed by atoms with Crippen LogP contribution in [0.15, 0.2) is 12.4 Å². The predicted molar refractivity (Wildman–Crippen MR) is 78.0 cm³/mol. The number of carbonyl (C=O) groups excluding carboxylic acids is 2. The van der Waals surface area contributed by atoms with Gasteiger partial charge in [0.25, 0.3) is 0 Å². The smallest absolute Gasteiger partial charge is 0.316 e. The molecule has 0 radical (unpaired) electrons. The number of aliphatic carboxylic acids is 1. The average Bonchev–Trinajstić information content (AvgIpc) is 3.11. The van der Waals surface area contributed by atoms with Gasteiger partial charge in [0.15, 0.2) is 0 Å². The van der Waals surface area contributed by atoms with E-state index in [0.29, 0.717) is 5.69 Å². The van der Waals surface area contributed by atoms with Gasteiger partial charge in [-0.1, -0.05) is 12.8 Å². The van der Waals surface area contributed by atoms with Crippen LogP contribution in [0.3, 0.4) is 0 Å². The molecule has 3 N–H and O–H groups in total. The lowest BCUT2D eigenvalue weighted by Gasteiger charge is -2.17. The molecule has 1 aliphatic carbocycles. The van der Waals surface area contributed by atoms with Crippen LogP contribution in [0.2, 0.25) is 0 Å². The molecule has 1 heterocycles. The van der Waals surface area contributed by atoms with Crippen molar-refractivity contribution in [3.63, 3.8) is 0 Å². The standard InChI is InChI=1S/C14H20N4O4/c1-15-11(19)8-18-7-10(6-16-18)17-13(20)12(14(21)22)9-4-2-3-5-9/h6-7,9,12H,2-5,8H2,1H3,(H,15,19)(H,17,20)(H,21,22). The summed E-state index contributed by atoms with van der Waals surface area (Å²) in [6, 6.07) is 0. The minimum absolute atomic E-state index is 0.0390. The Morgan fingerprint density at radius 2 is 2.09 bits per heavy atom. The van der Waals surface area contributed by atoms with Crippen molar-refractivity contribution in [2.24, 2.45) is 11.8 Å². The minimum atomic E-state index is -1.10. The quantitative estimate of drug-likeness (QED) is 0.661. The van der Waals surface area contributed by atoms with Gasteiger partial charge in [-0.2, -0.15) is 5.10 Å². The number of aromatic nitrogens is 2. The Bertz CT molecular complexity index is 563. The summed E-state index contributed by atoms with van der Waals surface area (Å²) in [6.07, 6.45) is 6.35. The normalized spacial score (nSPS) is 16.2. The molecule has 0 aromatic carbocycles. The fraction of sp³-hybridized carbons (Fsp3) is 0.571. The third-order valence-corrected chi connectivity index (χ3v) is 3.90. The Balaban J connectivity index is 2.00. The summed E-state index contributed by atoms with van der Waals surface area (Å²) in [5.41, 5.74) is 0.387. The summed E-state index contributed by atoms with van der Waals surface area (Å²) in [6.45, 7) is 0.0390. The number of hydrogen-bond donors (Lipinski definition) is 3. The fourth-order valence-electron chi connectivity index (χ4n) is 2.78. The van der Waals surface area contributed by atoms with E-state index < -0.39 is 17.8 Å². The number of carboxylic acids is 1. The summed E-state index contributed by atoms with van der Waals surface area (Å²) in [5, 5.41) is 18.3. The molecule has 0 bridgehead atoms. The molecule has 0 saturated heterocycles. The molecule has 0 aliphatic heterocycles. The Labute approximate surface area is 127 Å². The zero-order valence-corrected chi connectivity index (χ0v) is 12.4. The van der Waals surface area contributed by atoms with Gasteiger partial charge < -0.3 is 15.7 Å². The number of carboxylic acid groups (broad SMARTS) is 1. The highest BCUT2D eigenvalue weighted by Crippen LogP contribution is 2.32. The first-order chi connectivity index (χ1) is 10.5. The summed E-state index contributed by atoms with van der Waals surface area (Å²) in [7, 11) is 1.52. The van der Waals surface area contributed by atoms with Gasteiger partial charge in [-0.15, -0.1) is 0 Å². The lowest BCUT2D eigenvalue weighted by molar-refractivity contribution is -0.147. The van der Waals surface area contributed by atoms with E-state index in [0.717, 1.165) is 25.7 Å². The SMILES string of the molecule is CNC(=O)Cn1cc(NC(=O)C(C(=O)O)C2CCCC2)cn1. The number of hydrogen-bond acceptors (Lipinski definition) is 4. The number of nitrogens with zero attached hydrogens (tertiary/aromatic N) is 2. The topological polar surface area (TPSA) is 113 Å². The maximum Gasteiger partial charge on any atom is 0.316 e. The summed E-state index contributed by atoms with van der Waals surface area (Å²) in [4.78, 5) is 34.8. The van der Waals surface area contributed by atoms with E-state index in [9.17, 15) is 19.5 Å². The number of carbonyl (C=O) groups is 3. The van der Waals surface area contributed by atoms with Gasteiger partial charge in [-0.3, -0.25) is 19.1 Å². The molecule has 0 spiro atoms. The molecule has 1 aromatic rings. The second-order valence-corrected chi connectivity index (χ2v) is 5.45. The first kappa shape index (κ1) is 16.0. The highest BCUT2D eigenvalue weighted by atomic mass is 16.4. The van der Waals surface area contributed by atoms with Crippen LogP contribution in [0.25, 0.3) is 0 Å². The van der Waals surface area contributed by atoms with Gasteiger partial charge in [0, 0.05) is 13.2 Å². The molecule has 1 atom stereocenters. The maximum absolute atomic E-state index is 12.2. The lowest BCUT2D eigenvalue weighted by Crippen LogP contribution is -2.34. The molecule has 22 heavy (non-hydrogen) atoms. The molecule has 2 amide bonds. The van der Waals surface area contributed by atoms with Crippen molar-refractivity contribution in [2.75, 3.05) is 12.4 Å². The maximum atomic E-state index is 12.2. The molecule has 1 saturated carbocycles. The fourth-order valence-corrected chi connectivity index (χ4v) is 2.78. The van der Waals surface area contributed by atoms with E-state index in [1.165, 1.54) is 24.1 Å². The van der Waals surface area contributed by atoms with Gasteiger partial charge in [0.2, 0.25) is 11.8 Å². The zero-order valence-electron chi connectivity index (χ0n) is 12.4. The van der Waals surface area contributed by atoms with Crippen LogP contribution in [0.4, 0.5) is 5.69 Å². The van der Waals surface area contributed by atoms with Crippen molar-refractivity contribution in [3.05, 3.63) is 12.4 Å². The van der Waals surface area contributed by atoms with Crippen molar-refractivity contribution in [2.45, 2.75) is 32.2 Å². The highest BCUT2D eigenvalue weighted by Gasteiger charge is 2.36. The van der Waals surface area contributed by atoms with Crippen LogP contribution in [0, 0.1) is 11.8 Å². The van der Waals surface area contributed by atoms with Crippen molar-refractivity contribution >= 4 is 23.5 Å². The molecular formula is C14H20N4O4. The van der Waals surface area contributed by atoms with Crippen LogP contribution < -0.4 is 10.6 Å². The second-order valence-electron chi connectivity index (χ2n) is 5.45. The lowest BCUT2D eigenvalue weighted by atomic mass is 9.90. The van der Waals surface area contributed by atoms with Crippen molar-refractivity contribution in [3.8, 4) is 0 Å². The molecule has 8 heteroatoms. The Kier molecular flexibility index (Phi) is 5.13. The largest absolute Gasteiger partial charge is 0.481 e. The molecule has 1 aromatic heterocycles. The number of anilines is 1. The van der Waals surface area contributed by atoms with Crippen molar-refractivity contribution in [1.29, 1.82) is 0 Å². The third kappa shape index (κ3) is 3.84. The molecule has 120 valence electrons. The third-order valence-electron chi connectivity index (χ3n) is 3.90. The Hall–Kier alpha value is -2.38. The van der Waals surface area contributed by atoms with E-state index in [4.69, 9.17) is 0 Å². The van der Waals surface area contributed by atoms with Crippen LogP contribution in [-0.2, 0) is 20.9 Å². The van der Waals surface area contributed by atoms with Gasteiger partial charge >= 0.3 is 5.97 Å². The first-order valence-corrected chi connectivity index (χ1v) is 7.28. The second kappa shape index (κ2) is 7.06. The Morgan fingerprint density at radius 1 is 1.41 bits per heavy atom. The van der Waals surface area contributed by atoms with E-state index in [2.05, 4.69) is 15.7 Å². The van der Waals surface area contributed by atoms with E-state index >= 15 is 0 Å². The zero-order chi connectivity index (χ0) is 16.1. The highest BCUT2D eigenvalue weighted by molar-refractivity contribution is 6.04. The monoisotopic (exact) mass is 308 g/mol. The summed E-state index contributed by atoms with van der Waals surface area (Å²) >= 11 is 0.